The van der Waals surface area contributed by atoms with Crippen molar-refractivity contribution in [3.63, 3.8) is 0 Å². The molecule has 0 unspecified atom stereocenters. The molecule has 2 aromatic heterocycles. The first kappa shape index (κ1) is 18.3. The van der Waals surface area contributed by atoms with Gasteiger partial charge < -0.3 is 5.32 Å². The van der Waals surface area contributed by atoms with E-state index in [1.807, 2.05) is 24.4 Å². The van der Waals surface area contributed by atoms with Gasteiger partial charge in [-0.15, -0.1) is 0 Å². The molecular weight excluding hydrogens is 354 g/mol. The molecule has 3 N–H and O–H groups in total. The van der Waals surface area contributed by atoms with E-state index in [0.29, 0.717) is 16.4 Å². The van der Waals surface area contributed by atoms with Gasteiger partial charge in [0.1, 0.15) is 5.82 Å². The third-order valence-corrected chi connectivity index (χ3v) is 4.41. The first-order valence-corrected chi connectivity index (χ1v) is 8.68. The summed E-state index contributed by atoms with van der Waals surface area (Å²) in [6, 6.07) is 7.94. The van der Waals surface area contributed by atoms with Crippen LogP contribution in [0.2, 0.25) is 5.02 Å². The maximum atomic E-state index is 11.0. The SMILES string of the molecule is O=C(/C=C/c1cnc(N[C@@H]2CCN(Cc3ccccn3)C2)c(Cl)c1)NO. The van der Waals surface area contributed by atoms with Crippen molar-refractivity contribution in [2.75, 3.05) is 18.4 Å². The number of amides is 1. The van der Waals surface area contributed by atoms with Gasteiger partial charge in [0.05, 0.1) is 10.7 Å². The molecule has 136 valence electrons. The van der Waals surface area contributed by atoms with Gasteiger partial charge in [0.25, 0.3) is 5.91 Å². The number of hydroxylamine groups is 1. The standard InChI is InChI=1S/C18H20ClN5O2/c19-16-9-13(4-5-17(25)23-26)10-21-18(16)22-15-6-8-24(12-15)11-14-3-1-2-7-20-14/h1-5,7,9-10,15,26H,6,8,11-12H2,(H,21,22)(H,23,25)/b5-4+/t15-/m1/s1. The zero-order valence-corrected chi connectivity index (χ0v) is 14.9. The molecule has 0 aliphatic carbocycles. The predicted molar refractivity (Wildman–Crippen MR) is 99.8 cm³/mol. The number of aromatic nitrogens is 2. The van der Waals surface area contributed by atoms with Crippen LogP contribution in [0.4, 0.5) is 5.82 Å². The Morgan fingerprint density at radius 1 is 1.42 bits per heavy atom. The van der Waals surface area contributed by atoms with Crippen LogP contribution in [0, 0.1) is 0 Å². The Morgan fingerprint density at radius 2 is 2.31 bits per heavy atom. The van der Waals surface area contributed by atoms with Crippen LogP contribution in [0.5, 0.6) is 0 Å². The summed E-state index contributed by atoms with van der Waals surface area (Å²) in [7, 11) is 0. The average molecular weight is 374 g/mol. The molecule has 1 aliphatic rings. The fourth-order valence-corrected chi connectivity index (χ4v) is 3.10. The van der Waals surface area contributed by atoms with Gasteiger partial charge in [0.2, 0.25) is 0 Å². The van der Waals surface area contributed by atoms with E-state index in [2.05, 4.69) is 20.2 Å². The Balaban J connectivity index is 1.56. The van der Waals surface area contributed by atoms with Gasteiger partial charge in [0, 0.05) is 44.1 Å². The van der Waals surface area contributed by atoms with Crippen LogP contribution in [0.1, 0.15) is 17.7 Å². The van der Waals surface area contributed by atoms with Gasteiger partial charge in [-0.05, 0) is 36.3 Å². The molecule has 1 amide bonds. The van der Waals surface area contributed by atoms with Gasteiger partial charge in [0.15, 0.2) is 0 Å². The Labute approximate surface area is 156 Å². The Hall–Kier alpha value is -2.48. The highest BCUT2D eigenvalue weighted by Crippen LogP contribution is 2.24. The van der Waals surface area contributed by atoms with Crippen molar-refractivity contribution in [3.8, 4) is 0 Å². The maximum absolute atomic E-state index is 11.0. The summed E-state index contributed by atoms with van der Waals surface area (Å²) in [4.78, 5) is 22.1. The van der Waals surface area contributed by atoms with Gasteiger partial charge in [-0.25, -0.2) is 10.5 Å². The van der Waals surface area contributed by atoms with Crippen LogP contribution in [-0.4, -0.2) is 45.1 Å². The number of nitrogens with one attached hydrogen (secondary N) is 2. The molecule has 1 saturated heterocycles. The normalized spacial score (nSPS) is 17.5. The molecule has 3 heterocycles. The summed E-state index contributed by atoms with van der Waals surface area (Å²) < 4.78 is 0. The van der Waals surface area contributed by atoms with E-state index in [9.17, 15) is 4.79 Å². The van der Waals surface area contributed by atoms with Crippen molar-refractivity contribution in [1.29, 1.82) is 0 Å². The third-order valence-electron chi connectivity index (χ3n) is 4.12. The van der Waals surface area contributed by atoms with Crippen molar-refractivity contribution in [2.45, 2.75) is 19.0 Å². The minimum absolute atomic E-state index is 0.269. The molecule has 0 aromatic carbocycles. The van der Waals surface area contributed by atoms with Gasteiger partial charge >= 0.3 is 0 Å². The lowest BCUT2D eigenvalue weighted by atomic mass is 10.2. The van der Waals surface area contributed by atoms with Crippen molar-refractivity contribution in [2.24, 2.45) is 0 Å². The van der Waals surface area contributed by atoms with Crippen LogP contribution in [-0.2, 0) is 11.3 Å². The van der Waals surface area contributed by atoms with Gasteiger partial charge in [-0.3, -0.25) is 19.9 Å². The molecule has 0 saturated carbocycles. The lowest BCUT2D eigenvalue weighted by molar-refractivity contribution is -0.124. The number of carbonyl (C=O) groups excluding carboxylic acids is 1. The largest absolute Gasteiger partial charge is 0.365 e. The molecule has 7 nitrogen and oxygen atoms in total. The van der Waals surface area contributed by atoms with Gasteiger partial charge in [-0.2, -0.15) is 0 Å². The predicted octanol–water partition coefficient (Wildman–Crippen LogP) is 2.33. The highest BCUT2D eigenvalue weighted by Gasteiger charge is 2.23. The van der Waals surface area contributed by atoms with Crippen LogP contribution >= 0.6 is 11.6 Å². The number of anilines is 1. The first-order valence-electron chi connectivity index (χ1n) is 8.30. The summed E-state index contributed by atoms with van der Waals surface area (Å²) in [5, 5.41) is 12.3. The van der Waals surface area contributed by atoms with Crippen molar-refractivity contribution < 1.29 is 10.0 Å². The Bertz CT molecular complexity index is 784. The number of nitrogens with zero attached hydrogens (tertiary/aromatic N) is 3. The molecule has 1 fully saturated rings. The zero-order valence-electron chi connectivity index (χ0n) is 14.1. The fraction of sp³-hybridized carbons (Fsp3) is 0.278. The van der Waals surface area contributed by atoms with Crippen LogP contribution in [0.3, 0.4) is 0 Å². The average Bonchev–Trinajstić information content (AvgIpc) is 3.09. The summed E-state index contributed by atoms with van der Waals surface area (Å²) >= 11 is 6.29. The first-order chi connectivity index (χ1) is 12.6. The van der Waals surface area contributed by atoms with Crippen LogP contribution < -0.4 is 10.8 Å². The minimum atomic E-state index is -0.609. The highest BCUT2D eigenvalue weighted by molar-refractivity contribution is 6.33. The molecular formula is C18H20ClN5O2. The van der Waals surface area contributed by atoms with Gasteiger partial charge in [-0.1, -0.05) is 17.7 Å². The number of rotatable bonds is 6. The van der Waals surface area contributed by atoms with Crippen LogP contribution in [0.15, 0.2) is 42.7 Å². The molecule has 3 rings (SSSR count). The highest BCUT2D eigenvalue weighted by atomic mass is 35.5. The number of carbonyl (C=O) groups is 1. The second-order valence-corrected chi connectivity index (χ2v) is 6.50. The number of hydrogen-bond acceptors (Lipinski definition) is 6. The second-order valence-electron chi connectivity index (χ2n) is 6.09. The minimum Gasteiger partial charge on any atom is -0.365 e. The second kappa shape index (κ2) is 8.75. The summed E-state index contributed by atoms with van der Waals surface area (Å²) in [5.74, 6) is 0.0161. The molecule has 0 radical (unpaired) electrons. The summed E-state index contributed by atoms with van der Waals surface area (Å²) in [5.41, 5.74) is 3.27. The molecule has 1 aliphatic heterocycles. The van der Waals surface area contributed by atoms with E-state index in [0.717, 1.165) is 31.7 Å². The molecule has 0 spiro atoms. The van der Waals surface area contributed by atoms with E-state index in [1.54, 1.807) is 12.3 Å². The Kier molecular flexibility index (Phi) is 6.17. The molecule has 1 atom stereocenters. The van der Waals surface area contributed by atoms with E-state index in [-0.39, 0.29) is 6.04 Å². The molecule has 26 heavy (non-hydrogen) atoms. The smallest absolute Gasteiger partial charge is 0.267 e. The number of likely N-dealkylation sites (tertiary alicyclic amines) is 1. The molecule has 0 bridgehead atoms. The maximum Gasteiger partial charge on any atom is 0.267 e. The van der Waals surface area contributed by atoms with E-state index in [4.69, 9.17) is 16.8 Å². The molecule has 8 heteroatoms. The van der Waals surface area contributed by atoms with Crippen molar-refractivity contribution in [3.05, 3.63) is 59.0 Å². The van der Waals surface area contributed by atoms with Crippen LogP contribution in [0.25, 0.3) is 6.08 Å². The third kappa shape index (κ3) is 5.01. The topological polar surface area (TPSA) is 90.4 Å². The summed E-state index contributed by atoms with van der Waals surface area (Å²) in [6.07, 6.45) is 7.16. The van der Waals surface area contributed by atoms with E-state index in [1.165, 1.54) is 17.6 Å². The van der Waals surface area contributed by atoms with Crippen molar-refractivity contribution in [1.82, 2.24) is 20.3 Å². The lowest BCUT2D eigenvalue weighted by Crippen LogP contribution is -2.26. The molecule has 2 aromatic rings. The number of pyridine rings is 2. The van der Waals surface area contributed by atoms with E-state index < -0.39 is 5.91 Å². The summed E-state index contributed by atoms with van der Waals surface area (Å²) in [6.45, 7) is 2.71. The lowest BCUT2D eigenvalue weighted by Gasteiger charge is -2.17. The quantitative estimate of drug-likeness (QED) is 0.409. The number of halogens is 1. The van der Waals surface area contributed by atoms with E-state index >= 15 is 0 Å². The van der Waals surface area contributed by atoms with Crippen molar-refractivity contribution >= 4 is 29.4 Å². The Morgan fingerprint density at radius 3 is 3.04 bits per heavy atom. The number of hydrogen-bond donors (Lipinski definition) is 3. The zero-order chi connectivity index (χ0) is 18.4. The monoisotopic (exact) mass is 373 g/mol. The fourth-order valence-electron chi connectivity index (χ4n) is 2.87.